The molecule has 2 rings (SSSR count). The quantitative estimate of drug-likeness (QED) is 0.482. The summed E-state index contributed by atoms with van der Waals surface area (Å²) >= 11 is 1.04. The summed E-state index contributed by atoms with van der Waals surface area (Å²) in [7, 11) is 0. The number of hydrogen-bond acceptors (Lipinski definition) is 4. The Labute approximate surface area is 122 Å². The number of benzene rings is 2. The SMILES string of the molecule is CC(=O)c1cc([N+](=O)[O-])ccc1Sc1ccc(F)c(F)c1. The summed E-state index contributed by atoms with van der Waals surface area (Å²) in [6, 6.07) is 7.20. The molecular formula is C14H9F2NO3S. The summed E-state index contributed by atoms with van der Waals surface area (Å²) in [4.78, 5) is 22.5. The van der Waals surface area contributed by atoms with Gasteiger partial charge in [-0.05, 0) is 31.2 Å². The van der Waals surface area contributed by atoms with Crippen LogP contribution in [-0.4, -0.2) is 10.7 Å². The summed E-state index contributed by atoms with van der Waals surface area (Å²) in [6.45, 7) is 1.29. The minimum atomic E-state index is -0.994. The highest BCUT2D eigenvalue weighted by molar-refractivity contribution is 7.99. The Morgan fingerprint density at radius 1 is 1.14 bits per heavy atom. The molecule has 4 nitrogen and oxygen atoms in total. The van der Waals surface area contributed by atoms with Crippen LogP contribution in [0.25, 0.3) is 0 Å². The van der Waals surface area contributed by atoms with Crippen LogP contribution in [-0.2, 0) is 0 Å². The second-order valence-corrected chi connectivity index (χ2v) is 5.29. The van der Waals surface area contributed by atoms with E-state index in [1.807, 2.05) is 0 Å². The van der Waals surface area contributed by atoms with E-state index >= 15 is 0 Å². The number of nitrogens with zero attached hydrogens (tertiary/aromatic N) is 1. The molecule has 0 radical (unpaired) electrons. The summed E-state index contributed by atoms with van der Waals surface area (Å²) < 4.78 is 26.0. The van der Waals surface area contributed by atoms with Gasteiger partial charge in [-0.2, -0.15) is 0 Å². The van der Waals surface area contributed by atoms with Crippen molar-refractivity contribution in [3.05, 3.63) is 63.7 Å². The van der Waals surface area contributed by atoms with Crippen molar-refractivity contribution in [3.63, 3.8) is 0 Å². The lowest BCUT2D eigenvalue weighted by Crippen LogP contribution is -1.98. The monoisotopic (exact) mass is 309 g/mol. The van der Waals surface area contributed by atoms with Gasteiger partial charge in [0.05, 0.1) is 4.92 Å². The molecule has 0 aliphatic rings. The number of non-ortho nitro benzene ring substituents is 1. The van der Waals surface area contributed by atoms with Crippen LogP contribution >= 0.6 is 11.8 Å². The van der Waals surface area contributed by atoms with E-state index in [4.69, 9.17) is 0 Å². The standard InChI is InChI=1S/C14H9F2NO3S/c1-8(18)11-6-9(17(19)20)2-5-14(11)21-10-3-4-12(15)13(16)7-10/h2-7H,1H3. The van der Waals surface area contributed by atoms with Gasteiger partial charge in [-0.3, -0.25) is 14.9 Å². The van der Waals surface area contributed by atoms with Crippen molar-refractivity contribution in [2.45, 2.75) is 16.7 Å². The molecule has 0 heterocycles. The maximum Gasteiger partial charge on any atom is 0.270 e. The predicted molar refractivity (Wildman–Crippen MR) is 73.6 cm³/mol. The molecule has 2 aromatic rings. The van der Waals surface area contributed by atoms with Crippen molar-refractivity contribution in [2.24, 2.45) is 0 Å². The maximum atomic E-state index is 13.2. The van der Waals surface area contributed by atoms with Gasteiger partial charge in [0.25, 0.3) is 5.69 Å². The smallest absolute Gasteiger partial charge is 0.270 e. The predicted octanol–water partition coefficient (Wildman–Crippen LogP) is 4.23. The van der Waals surface area contributed by atoms with Crippen LogP contribution in [0, 0.1) is 21.7 Å². The van der Waals surface area contributed by atoms with E-state index in [0.717, 1.165) is 23.9 Å². The zero-order valence-electron chi connectivity index (χ0n) is 10.8. The fourth-order valence-corrected chi connectivity index (χ4v) is 2.66. The van der Waals surface area contributed by atoms with Crippen LogP contribution in [0.1, 0.15) is 17.3 Å². The summed E-state index contributed by atoms with van der Waals surface area (Å²) in [5.41, 5.74) is -0.0335. The van der Waals surface area contributed by atoms with Gasteiger partial charge in [-0.25, -0.2) is 8.78 Å². The number of halogens is 2. The zero-order valence-corrected chi connectivity index (χ0v) is 11.6. The summed E-state index contributed by atoms with van der Waals surface area (Å²) in [6.07, 6.45) is 0. The van der Waals surface area contributed by atoms with Gasteiger partial charge in [0.1, 0.15) is 0 Å². The molecule has 0 saturated carbocycles. The maximum absolute atomic E-state index is 13.2. The first kappa shape index (κ1) is 15.1. The van der Waals surface area contributed by atoms with Crippen molar-refractivity contribution in [2.75, 3.05) is 0 Å². The van der Waals surface area contributed by atoms with Crippen molar-refractivity contribution >= 4 is 23.2 Å². The molecular weight excluding hydrogens is 300 g/mol. The fourth-order valence-electron chi connectivity index (χ4n) is 1.66. The van der Waals surface area contributed by atoms with Gasteiger partial charge >= 0.3 is 0 Å². The Bertz CT molecular complexity index is 734. The third kappa shape index (κ3) is 3.43. The lowest BCUT2D eigenvalue weighted by molar-refractivity contribution is -0.384. The normalized spacial score (nSPS) is 10.4. The number of rotatable bonds is 4. The number of carbonyl (C=O) groups excluding carboxylic acids is 1. The average Bonchev–Trinajstić information content (AvgIpc) is 2.43. The largest absolute Gasteiger partial charge is 0.294 e. The molecule has 0 aliphatic carbocycles. The first-order chi connectivity index (χ1) is 9.88. The molecule has 0 spiro atoms. The molecule has 0 bridgehead atoms. The molecule has 0 aliphatic heterocycles. The number of carbonyl (C=O) groups is 1. The van der Waals surface area contributed by atoms with E-state index in [9.17, 15) is 23.7 Å². The first-order valence-electron chi connectivity index (χ1n) is 5.81. The number of nitro benzene ring substituents is 1. The van der Waals surface area contributed by atoms with E-state index in [1.54, 1.807) is 0 Å². The molecule has 0 unspecified atom stereocenters. The van der Waals surface area contributed by atoms with Crippen LogP contribution < -0.4 is 0 Å². The lowest BCUT2D eigenvalue weighted by Gasteiger charge is -2.07. The molecule has 0 saturated heterocycles. The Balaban J connectivity index is 2.41. The molecule has 0 fully saturated rings. The van der Waals surface area contributed by atoms with E-state index in [1.165, 1.54) is 31.2 Å². The Kier molecular flexibility index (Phi) is 4.32. The molecule has 0 N–H and O–H groups in total. The van der Waals surface area contributed by atoms with E-state index in [2.05, 4.69) is 0 Å². The molecule has 2 aromatic carbocycles. The molecule has 21 heavy (non-hydrogen) atoms. The Morgan fingerprint density at radius 2 is 1.86 bits per heavy atom. The molecule has 108 valence electrons. The van der Waals surface area contributed by atoms with Crippen LogP contribution in [0.2, 0.25) is 0 Å². The number of Topliss-reactive ketones (excluding diaryl/α,β-unsaturated/α-hetero) is 1. The molecule has 0 aromatic heterocycles. The Hall–Kier alpha value is -2.28. The topological polar surface area (TPSA) is 60.2 Å². The van der Waals surface area contributed by atoms with Gasteiger partial charge in [0, 0.05) is 27.5 Å². The minimum Gasteiger partial charge on any atom is -0.294 e. The van der Waals surface area contributed by atoms with Crippen molar-refractivity contribution in [1.29, 1.82) is 0 Å². The van der Waals surface area contributed by atoms with Gasteiger partial charge < -0.3 is 0 Å². The highest BCUT2D eigenvalue weighted by Gasteiger charge is 2.15. The van der Waals surface area contributed by atoms with Crippen molar-refractivity contribution < 1.29 is 18.5 Å². The van der Waals surface area contributed by atoms with Crippen LogP contribution in [0.5, 0.6) is 0 Å². The van der Waals surface area contributed by atoms with Crippen LogP contribution in [0.3, 0.4) is 0 Å². The van der Waals surface area contributed by atoms with E-state index in [-0.39, 0.29) is 17.0 Å². The van der Waals surface area contributed by atoms with E-state index in [0.29, 0.717) is 9.79 Å². The highest BCUT2D eigenvalue weighted by atomic mass is 32.2. The highest BCUT2D eigenvalue weighted by Crippen LogP contribution is 2.33. The summed E-state index contributed by atoms with van der Waals surface area (Å²) in [5, 5.41) is 10.7. The third-order valence-electron chi connectivity index (χ3n) is 2.67. The minimum absolute atomic E-state index is 0.166. The number of ketones is 1. The van der Waals surface area contributed by atoms with Crippen LogP contribution in [0.15, 0.2) is 46.2 Å². The number of hydrogen-bond donors (Lipinski definition) is 0. The van der Waals surface area contributed by atoms with Crippen molar-refractivity contribution in [3.8, 4) is 0 Å². The average molecular weight is 309 g/mol. The lowest BCUT2D eigenvalue weighted by atomic mass is 10.1. The van der Waals surface area contributed by atoms with Gasteiger partial charge in [-0.15, -0.1) is 0 Å². The Morgan fingerprint density at radius 3 is 2.43 bits per heavy atom. The zero-order chi connectivity index (χ0) is 15.6. The molecule has 0 amide bonds. The summed E-state index contributed by atoms with van der Waals surface area (Å²) in [5.74, 6) is -2.30. The van der Waals surface area contributed by atoms with E-state index < -0.39 is 16.6 Å². The second kappa shape index (κ2) is 6.01. The van der Waals surface area contributed by atoms with Gasteiger partial charge in [0.15, 0.2) is 17.4 Å². The van der Waals surface area contributed by atoms with Crippen LogP contribution in [0.4, 0.5) is 14.5 Å². The molecule has 7 heteroatoms. The van der Waals surface area contributed by atoms with Gasteiger partial charge in [0.2, 0.25) is 0 Å². The molecule has 0 atom stereocenters. The fraction of sp³-hybridized carbons (Fsp3) is 0.0714. The first-order valence-corrected chi connectivity index (χ1v) is 6.62. The van der Waals surface area contributed by atoms with Crippen molar-refractivity contribution in [1.82, 2.24) is 0 Å². The number of nitro groups is 1. The third-order valence-corrected chi connectivity index (χ3v) is 3.74. The van der Waals surface area contributed by atoms with Gasteiger partial charge in [-0.1, -0.05) is 11.8 Å². The second-order valence-electron chi connectivity index (χ2n) is 4.17.